The molecule has 1 aromatic rings. The molecule has 1 aliphatic heterocycles. The Balaban J connectivity index is 2.19. The van der Waals surface area contributed by atoms with Gasteiger partial charge in [-0.1, -0.05) is 13.8 Å². The van der Waals surface area contributed by atoms with Gasteiger partial charge in [-0.05, 0) is 30.9 Å². The summed E-state index contributed by atoms with van der Waals surface area (Å²) in [4.78, 5) is 25.2. The average Bonchev–Trinajstić information content (AvgIpc) is 2.93. The molecule has 0 bridgehead atoms. The van der Waals surface area contributed by atoms with E-state index in [0.717, 1.165) is 6.42 Å². The topological polar surface area (TPSA) is 69.6 Å². The Morgan fingerprint density at radius 1 is 1.48 bits per heavy atom. The number of carbonyl (C=O) groups excluding carboxylic acids is 1. The molecule has 0 unspecified atom stereocenters. The van der Waals surface area contributed by atoms with Crippen LogP contribution in [0.2, 0.25) is 0 Å². The Labute approximate surface area is 136 Å². The summed E-state index contributed by atoms with van der Waals surface area (Å²) in [7, 11) is 1.59. The minimum atomic E-state index is -0.357. The maximum atomic E-state index is 12.6. The standard InChI is InChI=1S/C17H26N2O4/c1-11(2)5-7-19-8-6-12(3)15(17(19)21)16(20)18-13-9-23-10-14(13)22-4/h6,8,11,13-14H,5,7,9-10H2,1-4H3,(H,18,20)/t13-,14+/m0/s1. The highest BCUT2D eigenvalue weighted by molar-refractivity contribution is 5.95. The SMILES string of the molecule is CO[C@@H]1COC[C@@H]1NC(=O)c1c(C)ccn(CCC(C)C)c1=O. The predicted octanol–water partition coefficient (Wildman–Crippen LogP) is 1.35. The van der Waals surface area contributed by atoms with Gasteiger partial charge in [-0.15, -0.1) is 0 Å². The number of amides is 1. The summed E-state index contributed by atoms with van der Waals surface area (Å²) < 4.78 is 12.2. The summed E-state index contributed by atoms with van der Waals surface area (Å²) in [6, 6.07) is 1.59. The van der Waals surface area contributed by atoms with E-state index in [4.69, 9.17) is 9.47 Å². The van der Waals surface area contributed by atoms with Gasteiger partial charge < -0.3 is 19.4 Å². The molecule has 1 aliphatic rings. The molecule has 2 heterocycles. The largest absolute Gasteiger partial charge is 0.377 e. The molecule has 0 aromatic carbocycles. The van der Waals surface area contributed by atoms with Crippen LogP contribution in [-0.2, 0) is 16.0 Å². The number of nitrogens with one attached hydrogen (secondary N) is 1. The molecule has 1 N–H and O–H groups in total. The van der Waals surface area contributed by atoms with E-state index in [0.29, 0.717) is 31.2 Å². The van der Waals surface area contributed by atoms with Crippen LogP contribution in [0.5, 0.6) is 0 Å². The van der Waals surface area contributed by atoms with Crippen molar-refractivity contribution in [2.75, 3.05) is 20.3 Å². The maximum absolute atomic E-state index is 12.6. The smallest absolute Gasteiger partial charge is 0.263 e. The molecular formula is C17H26N2O4. The second kappa shape index (κ2) is 7.75. The molecule has 6 nitrogen and oxygen atoms in total. The highest BCUT2D eigenvalue weighted by Crippen LogP contribution is 2.11. The fourth-order valence-electron chi connectivity index (χ4n) is 2.66. The first-order chi connectivity index (χ1) is 10.9. The molecule has 0 aliphatic carbocycles. The van der Waals surface area contributed by atoms with Crippen LogP contribution in [0.3, 0.4) is 0 Å². The summed E-state index contributed by atoms with van der Waals surface area (Å²) >= 11 is 0. The van der Waals surface area contributed by atoms with Crippen molar-refractivity contribution >= 4 is 5.91 Å². The quantitative estimate of drug-likeness (QED) is 0.858. The van der Waals surface area contributed by atoms with Crippen LogP contribution >= 0.6 is 0 Å². The summed E-state index contributed by atoms with van der Waals surface area (Å²) in [6.45, 7) is 7.47. The monoisotopic (exact) mass is 322 g/mol. The fraction of sp³-hybridized carbons (Fsp3) is 0.647. The molecule has 1 amide bonds. The lowest BCUT2D eigenvalue weighted by Crippen LogP contribution is -2.45. The zero-order valence-corrected chi connectivity index (χ0v) is 14.3. The van der Waals surface area contributed by atoms with Crippen molar-refractivity contribution in [1.82, 2.24) is 9.88 Å². The van der Waals surface area contributed by atoms with E-state index >= 15 is 0 Å². The lowest BCUT2D eigenvalue weighted by Gasteiger charge is -2.18. The Kier molecular flexibility index (Phi) is 5.96. The van der Waals surface area contributed by atoms with Gasteiger partial charge in [0.05, 0.1) is 19.3 Å². The number of hydrogen-bond donors (Lipinski definition) is 1. The first kappa shape index (κ1) is 17.7. The van der Waals surface area contributed by atoms with Crippen molar-refractivity contribution in [3.63, 3.8) is 0 Å². The van der Waals surface area contributed by atoms with Crippen LogP contribution in [-0.4, -0.2) is 42.9 Å². The molecule has 6 heteroatoms. The van der Waals surface area contributed by atoms with Crippen LogP contribution in [0.25, 0.3) is 0 Å². The third-order valence-electron chi connectivity index (χ3n) is 4.20. The summed E-state index contributed by atoms with van der Waals surface area (Å²) in [6.07, 6.45) is 2.48. The van der Waals surface area contributed by atoms with Crippen LogP contribution in [0.15, 0.2) is 17.1 Å². The zero-order chi connectivity index (χ0) is 17.0. The molecule has 0 saturated carbocycles. The molecule has 1 saturated heterocycles. The highest BCUT2D eigenvalue weighted by atomic mass is 16.5. The number of ether oxygens (including phenoxy) is 2. The molecule has 128 valence electrons. The Hall–Kier alpha value is -1.66. The zero-order valence-electron chi connectivity index (χ0n) is 14.3. The third kappa shape index (κ3) is 4.20. The second-order valence-electron chi connectivity index (χ2n) is 6.45. The Morgan fingerprint density at radius 3 is 2.87 bits per heavy atom. The minimum absolute atomic E-state index is 0.175. The number of aromatic nitrogens is 1. The van der Waals surface area contributed by atoms with E-state index in [1.807, 2.05) is 6.07 Å². The van der Waals surface area contributed by atoms with Gasteiger partial charge in [-0.25, -0.2) is 0 Å². The minimum Gasteiger partial charge on any atom is -0.377 e. The van der Waals surface area contributed by atoms with Gasteiger partial charge in [-0.3, -0.25) is 9.59 Å². The number of hydrogen-bond acceptors (Lipinski definition) is 4. The first-order valence-corrected chi connectivity index (χ1v) is 8.05. The molecule has 2 atom stereocenters. The van der Waals surface area contributed by atoms with Gasteiger partial charge in [0.15, 0.2) is 0 Å². The van der Waals surface area contributed by atoms with Crippen molar-refractivity contribution in [2.45, 2.75) is 45.9 Å². The van der Waals surface area contributed by atoms with E-state index in [1.165, 1.54) is 0 Å². The van der Waals surface area contributed by atoms with Gasteiger partial charge in [0.1, 0.15) is 11.7 Å². The van der Waals surface area contributed by atoms with Crippen molar-refractivity contribution in [2.24, 2.45) is 5.92 Å². The number of aryl methyl sites for hydroxylation is 2. The van der Waals surface area contributed by atoms with E-state index < -0.39 is 0 Å². The molecule has 0 radical (unpaired) electrons. The van der Waals surface area contributed by atoms with Crippen molar-refractivity contribution in [1.29, 1.82) is 0 Å². The Morgan fingerprint density at radius 2 is 2.22 bits per heavy atom. The van der Waals surface area contributed by atoms with E-state index in [9.17, 15) is 9.59 Å². The molecular weight excluding hydrogens is 296 g/mol. The summed E-state index contributed by atoms with van der Waals surface area (Å²) in [5.41, 5.74) is 0.648. The highest BCUT2D eigenvalue weighted by Gasteiger charge is 2.30. The lowest BCUT2D eigenvalue weighted by atomic mass is 10.1. The molecule has 1 fully saturated rings. The summed E-state index contributed by atoms with van der Waals surface area (Å²) in [5, 5.41) is 2.87. The second-order valence-corrected chi connectivity index (χ2v) is 6.45. The third-order valence-corrected chi connectivity index (χ3v) is 4.20. The van der Waals surface area contributed by atoms with Crippen LogP contribution in [0.4, 0.5) is 0 Å². The van der Waals surface area contributed by atoms with Crippen LogP contribution in [0, 0.1) is 12.8 Å². The van der Waals surface area contributed by atoms with E-state index in [2.05, 4.69) is 19.2 Å². The first-order valence-electron chi connectivity index (χ1n) is 8.05. The maximum Gasteiger partial charge on any atom is 0.263 e. The van der Waals surface area contributed by atoms with Gasteiger partial charge in [0, 0.05) is 19.9 Å². The van der Waals surface area contributed by atoms with Crippen molar-refractivity contribution < 1.29 is 14.3 Å². The Bertz CT molecular complexity index is 609. The number of carbonyl (C=O) groups is 1. The summed E-state index contributed by atoms with van der Waals surface area (Å²) in [5.74, 6) is 0.141. The van der Waals surface area contributed by atoms with Crippen LogP contribution < -0.4 is 10.9 Å². The van der Waals surface area contributed by atoms with Gasteiger partial charge in [0.25, 0.3) is 11.5 Å². The average molecular weight is 322 g/mol. The number of pyridine rings is 1. The molecule has 23 heavy (non-hydrogen) atoms. The van der Waals surface area contributed by atoms with Crippen molar-refractivity contribution in [3.8, 4) is 0 Å². The number of rotatable bonds is 6. The predicted molar refractivity (Wildman–Crippen MR) is 87.8 cm³/mol. The number of nitrogens with zero attached hydrogens (tertiary/aromatic N) is 1. The number of methoxy groups -OCH3 is 1. The van der Waals surface area contributed by atoms with E-state index in [-0.39, 0.29) is 29.2 Å². The molecule has 0 spiro atoms. The van der Waals surface area contributed by atoms with Crippen molar-refractivity contribution in [3.05, 3.63) is 33.7 Å². The van der Waals surface area contributed by atoms with Gasteiger partial charge >= 0.3 is 0 Å². The van der Waals surface area contributed by atoms with Gasteiger partial charge in [-0.2, -0.15) is 0 Å². The van der Waals surface area contributed by atoms with Gasteiger partial charge in [0.2, 0.25) is 0 Å². The van der Waals surface area contributed by atoms with Crippen LogP contribution in [0.1, 0.15) is 36.2 Å². The van der Waals surface area contributed by atoms with E-state index in [1.54, 1.807) is 24.8 Å². The normalized spacial score (nSPS) is 20.9. The molecule has 2 rings (SSSR count). The fourth-order valence-corrected chi connectivity index (χ4v) is 2.66. The lowest BCUT2D eigenvalue weighted by molar-refractivity contribution is 0.0684. The molecule has 1 aromatic heterocycles.